The summed E-state index contributed by atoms with van der Waals surface area (Å²) in [5, 5.41) is 3.84. The van der Waals surface area contributed by atoms with Gasteiger partial charge in [-0.2, -0.15) is 0 Å². The molecule has 0 aromatic rings. The van der Waals surface area contributed by atoms with Gasteiger partial charge in [-0.05, 0) is 13.3 Å². The Bertz CT molecular complexity index is 102. The molecule has 0 bridgehead atoms. The van der Waals surface area contributed by atoms with E-state index in [1.165, 1.54) is 0 Å². The zero-order valence-electron chi connectivity index (χ0n) is 6.76. The second-order valence-corrected chi connectivity index (χ2v) is 2.20. The largest absolute Gasteiger partial charge is 0.395 e. The van der Waals surface area contributed by atoms with Crippen LogP contribution in [0.1, 0.15) is 26.7 Å². The Morgan fingerprint density at radius 3 is 2.80 bits per heavy atom. The number of nitrogens with zero attached hydrogens (tertiary/aromatic N) is 1. The van der Waals surface area contributed by atoms with Crippen LogP contribution in [0.3, 0.4) is 0 Å². The van der Waals surface area contributed by atoms with Gasteiger partial charge in [0.05, 0.1) is 5.71 Å². The second kappa shape index (κ2) is 6.55. The summed E-state index contributed by atoms with van der Waals surface area (Å²) in [5.41, 5.74) is 6.23. The summed E-state index contributed by atoms with van der Waals surface area (Å²) in [7, 11) is 0. The lowest BCUT2D eigenvalue weighted by Crippen LogP contribution is -2.06. The van der Waals surface area contributed by atoms with Crippen molar-refractivity contribution in [3.63, 3.8) is 0 Å². The Labute approximate surface area is 62.2 Å². The molecule has 0 aliphatic carbocycles. The Morgan fingerprint density at radius 1 is 1.60 bits per heavy atom. The van der Waals surface area contributed by atoms with Crippen molar-refractivity contribution in [2.75, 3.05) is 13.2 Å². The predicted molar refractivity (Wildman–Crippen MR) is 43.0 cm³/mol. The average molecular weight is 144 g/mol. The molecule has 3 nitrogen and oxygen atoms in total. The van der Waals surface area contributed by atoms with E-state index in [9.17, 15) is 0 Å². The molecule has 0 heterocycles. The summed E-state index contributed by atoms with van der Waals surface area (Å²) in [4.78, 5) is 4.86. The van der Waals surface area contributed by atoms with Crippen molar-refractivity contribution in [2.45, 2.75) is 26.7 Å². The highest BCUT2D eigenvalue weighted by atomic mass is 16.6. The van der Waals surface area contributed by atoms with E-state index >= 15 is 0 Å². The zero-order chi connectivity index (χ0) is 7.82. The van der Waals surface area contributed by atoms with Gasteiger partial charge in [0.25, 0.3) is 0 Å². The van der Waals surface area contributed by atoms with Crippen LogP contribution in [0.4, 0.5) is 0 Å². The van der Waals surface area contributed by atoms with Gasteiger partial charge in [0.2, 0.25) is 0 Å². The summed E-state index contributed by atoms with van der Waals surface area (Å²) in [5.74, 6) is 0. The summed E-state index contributed by atoms with van der Waals surface area (Å²) >= 11 is 0. The third kappa shape index (κ3) is 5.56. The van der Waals surface area contributed by atoms with Gasteiger partial charge in [0.1, 0.15) is 6.61 Å². The molecule has 0 fully saturated rings. The van der Waals surface area contributed by atoms with E-state index in [1.807, 2.05) is 6.92 Å². The van der Waals surface area contributed by atoms with Gasteiger partial charge in [-0.15, -0.1) is 0 Å². The molecule has 0 unspecified atom stereocenters. The topological polar surface area (TPSA) is 47.6 Å². The van der Waals surface area contributed by atoms with Crippen molar-refractivity contribution in [3.05, 3.63) is 0 Å². The fourth-order valence-electron chi connectivity index (χ4n) is 0.616. The van der Waals surface area contributed by atoms with Crippen molar-refractivity contribution >= 4 is 5.71 Å². The summed E-state index contributed by atoms with van der Waals surface area (Å²) in [6.07, 6.45) is 2.12. The lowest BCUT2D eigenvalue weighted by molar-refractivity contribution is 0.151. The normalized spacial score (nSPS) is 11.7. The molecule has 0 atom stereocenters. The van der Waals surface area contributed by atoms with Crippen LogP contribution in [-0.4, -0.2) is 18.9 Å². The molecule has 0 aliphatic heterocycles. The molecule has 0 aliphatic rings. The van der Waals surface area contributed by atoms with Crippen LogP contribution in [-0.2, 0) is 4.84 Å². The van der Waals surface area contributed by atoms with E-state index in [0.29, 0.717) is 13.2 Å². The van der Waals surface area contributed by atoms with Crippen LogP contribution in [0, 0.1) is 0 Å². The van der Waals surface area contributed by atoms with Gasteiger partial charge in [-0.3, -0.25) is 0 Å². The van der Waals surface area contributed by atoms with Gasteiger partial charge in [0.15, 0.2) is 0 Å². The van der Waals surface area contributed by atoms with Crippen molar-refractivity contribution in [3.8, 4) is 0 Å². The van der Waals surface area contributed by atoms with Crippen LogP contribution in [0.2, 0.25) is 0 Å². The van der Waals surface area contributed by atoms with Gasteiger partial charge in [0, 0.05) is 6.54 Å². The Balaban J connectivity index is 3.28. The molecule has 2 N–H and O–H groups in total. The van der Waals surface area contributed by atoms with E-state index in [1.54, 1.807) is 0 Å². The quantitative estimate of drug-likeness (QED) is 0.357. The van der Waals surface area contributed by atoms with Crippen LogP contribution in [0.15, 0.2) is 5.16 Å². The van der Waals surface area contributed by atoms with Crippen LogP contribution in [0.25, 0.3) is 0 Å². The lowest BCUT2D eigenvalue weighted by Gasteiger charge is -1.97. The maximum absolute atomic E-state index is 5.19. The van der Waals surface area contributed by atoms with Crippen molar-refractivity contribution in [1.29, 1.82) is 0 Å². The van der Waals surface area contributed by atoms with E-state index in [-0.39, 0.29) is 0 Å². The number of hydrogen-bond acceptors (Lipinski definition) is 3. The first-order valence-electron chi connectivity index (χ1n) is 3.66. The maximum atomic E-state index is 5.19. The number of rotatable bonds is 5. The monoisotopic (exact) mass is 144 g/mol. The van der Waals surface area contributed by atoms with Gasteiger partial charge in [-0.25, -0.2) is 0 Å². The first kappa shape index (κ1) is 9.43. The highest BCUT2D eigenvalue weighted by Gasteiger charge is 1.87. The van der Waals surface area contributed by atoms with Crippen molar-refractivity contribution in [1.82, 2.24) is 0 Å². The highest BCUT2D eigenvalue weighted by molar-refractivity contribution is 5.81. The Hall–Kier alpha value is -0.570. The Morgan fingerprint density at radius 2 is 2.30 bits per heavy atom. The molecule has 0 saturated carbocycles. The SMILES string of the molecule is CCCC(C)=NOCCN. The minimum Gasteiger partial charge on any atom is -0.395 e. The molecule has 0 saturated heterocycles. The predicted octanol–water partition coefficient (Wildman–Crippen LogP) is 1.14. The third-order valence-electron chi connectivity index (χ3n) is 1.04. The molecule has 0 radical (unpaired) electrons. The molecule has 3 heteroatoms. The molecule has 0 amide bonds. The second-order valence-electron chi connectivity index (χ2n) is 2.20. The van der Waals surface area contributed by atoms with Gasteiger partial charge < -0.3 is 10.6 Å². The fraction of sp³-hybridized carbons (Fsp3) is 0.857. The highest BCUT2D eigenvalue weighted by Crippen LogP contribution is 1.91. The van der Waals surface area contributed by atoms with Crippen LogP contribution < -0.4 is 5.73 Å². The van der Waals surface area contributed by atoms with Gasteiger partial charge >= 0.3 is 0 Å². The Kier molecular flexibility index (Phi) is 6.18. The zero-order valence-corrected chi connectivity index (χ0v) is 6.76. The van der Waals surface area contributed by atoms with Crippen LogP contribution >= 0.6 is 0 Å². The smallest absolute Gasteiger partial charge is 0.129 e. The molecular formula is C7H16N2O. The molecule has 60 valence electrons. The number of oxime groups is 1. The van der Waals surface area contributed by atoms with E-state index < -0.39 is 0 Å². The van der Waals surface area contributed by atoms with E-state index in [0.717, 1.165) is 18.6 Å². The number of nitrogens with two attached hydrogens (primary N) is 1. The minimum atomic E-state index is 0.515. The maximum Gasteiger partial charge on any atom is 0.129 e. The third-order valence-corrected chi connectivity index (χ3v) is 1.04. The van der Waals surface area contributed by atoms with Gasteiger partial charge in [-0.1, -0.05) is 18.5 Å². The molecule has 0 spiro atoms. The molecular weight excluding hydrogens is 128 g/mol. The molecule has 0 rings (SSSR count). The first-order valence-corrected chi connectivity index (χ1v) is 3.66. The van der Waals surface area contributed by atoms with Crippen molar-refractivity contribution in [2.24, 2.45) is 10.9 Å². The summed E-state index contributed by atoms with van der Waals surface area (Å²) in [6, 6.07) is 0. The molecule has 0 aromatic heterocycles. The first-order chi connectivity index (χ1) is 4.81. The minimum absolute atomic E-state index is 0.515. The number of hydrogen-bond donors (Lipinski definition) is 1. The summed E-state index contributed by atoms with van der Waals surface area (Å²) < 4.78 is 0. The van der Waals surface area contributed by atoms with E-state index in [4.69, 9.17) is 10.6 Å². The van der Waals surface area contributed by atoms with E-state index in [2.05, 4.69) is 12.1 Å². The molecule has 0 aromatic carbocycles. The standard InChI is InChI=1S/C7H16N2O/c1-3-4-7(2)9-10-6-5-8/h3-6,8H2,1-2H3. The lowest BCUT2D eigenvalue weighted by atomic mass is 10.2. The summed E-state index contributed by atoms with van der Waals surface area (Å²) in [6.45, 7) is 5.12. The fourth-order valence-corrected chi connectivity index (χ4v) is 0.616. The molecule has 10 heavy (non-hydrogen) atoms. The van der Waals surface area contributed by atoms with Crippen LogP contribution in [0.5, 0.6) is 0 Å². The average Bonchev–Trinajstić information content (AvgIpc) is 1.89. The van der Waals surface area contributed by atoms with Crippen molar-refractivity contribution < 1.29 is 4.84 Å².